The number of hydroxylamine groups is 1. The summed E-state index contributed by atoms with van der Waals surface area (Å²) >= 11 is 9.49. The Morgan fingerprint density at radius 3 is 2.47 bits per heavy atom. The number of para-hydroxylation sites is 1. The molecule has 1 N–H and O–H groups in total. The van der Waals surface area contributed by atoms with Crippen LogP contribution in [0.4, 0.5) is 11.4 Å². The highest BCUT2D eigenvalue weighted by Crippen LogP contribution is 2.49. The number of nitrogens with zero attached hydrogens (tertiary/aromatic N) is 2. The predicted octanol–water partition coefficient (Wildman–Crippen LogP) is 5.26. The maximum Gasteiger partial charge on any atom is 0.266 e. The first-order valence-electron chi connectivity index (χ1n) is 10.7. The average molecular weight is 544 g/mol. The van der Waals surface area contributed by atoms with E-state index in [2.05, 4.69) is 15.9 Å². The molecule has 2 aliphatic heterocycles. The standard InChI is InChI=1S/C25H20BrClN2O5/c1-2-33-19-12-14(11-18(26)22(19)30)21-20-23(34-29(21)16-8-4-3-5-9-16)25(32)28(24(20)31)17-10-6-7-15(27)13-17/h3-13,20-21,23,30H,2H2,1H3/t20-,21+,23-/m0/s1. The summed E-state index contributed by atoms with van der Waals surface area (Å²) in [6.07, 6.45) is -1.01. The van der Waals surface area contributed by atoms with Gasteiger partial charge in [0, 0.05) is 5.02 Å². The molecule has 2 amide bonds. The molecule has 3 aromatic rings. The minimum Gasteiger partial charge on any atom is -0.503 e. The molecule has 2 saturated heterocycles. The van der Waals surface area contributed by atoms with Crippen LogP contribution in [0.3, 0.4) is 0 Å². The van der Waals surface area contributed by atoms with Gasteiger partial charge in [-0.25, -0.2) is 9.96 Å². The summed E-state index contributed by atoms with van der Waals surface area (Å²) in [6, 6.07) is 18.6. The van der Waals surface area contributed by atoms with Crippen molar-refractivity contribution in [3.63, 3.8) is 0 Å². The third-order valence-electron chi connectivity index (χ3n) is 5.88. The van der Waals surface area contributed by atoms with Gasteiger partial charge in [0.25, 0.3) is 5.91 Å². The molecular formula is C25H20BrClN2O5. The number of halogens is 2. The van der Waals surface area contributed by atoms with Gasteiger partial charge >= 0.3 is 0 Å². The van der Waals surface area contributed by atoms with Crippen LogP contribution in [0.2, 0.25) is 5.02 Å². The van der Waals surface area contributed by atoms with Crippen LogP contribution in [-0.2, 0) is 14.4 Å². The van der Waals surface area contributed by atoms with Gasteiger partial charge in [-0.1, -0.05) is 35.9 Å². The van der Waals surface area contributed by atoms with Crippen molar-refractivity contribution in [2.24, 2.45) is 5.92 Å². The highest BCUT2D eigenvalue weighted by atomic mass is 79.9. The Hall–Kier alpha value is -3.07. The number of aromatic hydroxyl groups is 1. The van der Waals surface area contributed by atoms with Crippen LogP contribution in [0.1, 0.15) is 18.5 Å². The molecule has 0 aromatic heterocycles. The number of ether oxygens (including phenoxy) is 1. The van der Waals surface area contributed by atoms with Crippen LogP contribution < -0.4 is 14.7 Å². The topological polar surface area (TPSA) is 79.3 Å². The van der Waals surface area contributed by atoms with Crippen LogP contribution in [0.5, 0.6) is 11.5 Å². The molecule has 0 saturated carbocycles. The number of carbonyl (C=O) groups is 2. The first-order valence-corrected chi connectivity index (χ1v) is 11.9. The van der Waals surface area contributed by atoms with E-state index in [1.165, 1.54) is 0 Å². The quantitative estimate of drug-likeness (QED) is 0.443. The molecule has 2 aliphatic rings. The van der Waals surface area contributed by atoms with E-state index in [0.717, 1.165) is 4.90 Å². The van der Waals surface area contributed by atoms with Gasteiger partial charge in [0.05, 0.1) is 28.5 Å². The van der Waals surface area contributed by atoms with Crippen LogP contribution in [-0.4, -0.2) is 29.6 Å². The number of carbonyl (C=O) groups excluding carboxylic acids is 2. The first-order chi connectivity index (χ1) is 16.4. The molecule has 2 heterocycles. The molecular weight excluding hydrogens is 524 g/mol. The molecule has 34 heavy (non-hydrogen) atoms. The van der Waals surface area contributed by atoms with Crippen molar-refractivity contribution < 1.29 is 24.3 Å². The van der Waals surface area contributed by atoms with Crippen molar-refractivity contribution in [2.45, 2.75) is 19.1 Å². The van der Waals surface area contributed by atoms with Gasteiger partial charge in [-0.3, -0.25) is 14.4 Å². The number of fused-ring (bicyclic) bond motifs is 1. The summed E-state index contributed by atoms with van der Waals surface area (Å²) in [4.78, 5) is 34.4. The zero-order chi connectivity index (χ0) is 24.0. The molecule has 0 spiro atoms. The Balaban J connectivity index is 1.63. The fraction of sp³-hybridized carbons (Fsp3) is 0.200. The van der Waals surface area contributed by atoms with E-state index >= 15 is 0 Å². The number of phenolic OH excluding ortho intramolecular Hbond substituents is 1. The molecule has 0 bridgehead atoms. The van der Waals surface area contributed by atoms with Crippen LogP contribution in [0.25, 0.3) is 0 Å². The lowest BCUT2D eigenvalue weighted by molar-refractivity contribution is -0.126. The monoisotopic (exact) mass is 542 g/mol. The molecule has 2 fully saturated rings. The van der Waals surface area contributed by atoms with Gasteiger partial charge in [-0.05, 0) is 70.9 Å². The fourth-order valence-corrected chi connectivity index (χ4v) is 5.10. The fourth-order valence-electron chi connectivity index (χ4n) is 4.45. The molecule has 0 unspecified atom stereocenters. The number of hydrogen-bond acceptors (Lipinski definition) is 6. The first kappa shape index (κ1) is 22.7. The summed E-state index contributed by atoms with van der Waals surface area (Å²) in [7, 11) is 0. The summed E-state index contributed by atoms with van der Waals surface area (Å²) < 4.78 is 6.02. The summed E-state index contributed by atoms with van der Waals surface area (Å²) in [5.74, 6) is -1.43. The third kappa shape index (κ3) is 3.72. The summed E-state index contributed by atoms with van der Waals surface area (Å²) in [5.41, 5.74) is 1.74. The molecule has 3 atom stereocenters. The number of amides is 2. The van der Waals surface area contributed by atoms with Crippen molar-refractivity contribution in [1.29, 1.82) is 0 Å². The Morgan fingerprint density at radius 1 is 1.03 bits per heavy atom. The van der Waals surface area contributed by atoms with E-state index in [9.17, 15) is 14.7 Å². The van der Waals surface area contributed by atoms with E-state index in [1.807, 2.05) is 37.3 Å². The minimum atomic E-state index is -1.01. The lowest BCUT2D eigenvalue weighted by atomic mass is 9.90. The van der Waals surface area contributed by atoms with Gasteiger partial charge in [0.15, 0.2) is 17.6 Å². The van der Waals surface area contributed by atoms with Crippen molar-refractivity contribution in [2.75, 3.05) is 16.6 Å². The molecule has 174 valence electrons. The Bertz CT molecular complexity index is 1270. The predicted molar refractivity (Wildman–Crippen MR) is 131 cm³/mol. The smallest absolute Gasteiger partial charge is 0.266 e. The van der Waals surface area contributed by atoms with Crippen molar-refractivity contribution >= 4 is 50.7 Å². The highest BCUT2D eigenvalue weighted by Gasteiger charge is 2.60. The number of phenols is 1. The van der Waals surface area contributed by atoms with E-state index < -0.39 is 24.0 Å². The Labute approximate surface area is 209 Å². The van der Waals surface area contributed by atoms with Gasteiger partial charge in [-0.2, -0.15) is 0 Å². The largest absolute Gasteiger partial charge is 0.503 e. The number of imide groups is 1. The van der Waals surface area contributed by atoms with Gasteiger partial charge < -0.3 is 9.84 Å². The van der Waals surface area contributed by atoms with Crippen molar-refractivity contribution in [1.82, 2.24) is 0 Å². The van der Waals surface area contributed by atoms with Crippen LogP contribution in [0.15, 0.2) is 71.2 Å². The molecule has 0 aliphatic carbocycles. The maximum absolute atomic E-state index is 13.7. The van der Waals surface area contributed by atoms with Gasteiger partial charge in [0.1, 0.15) is 5.92 Å². The van der Waals surface area contributed by atoms with E-state index in [4.69, 9.17) is 21.2 Å². The van der Waals surface area contributed by atoms with Crippen molar-refractivity contribution in [3.8, 4) is 11.5 Å². The zero-order valence-electron chi connectivity index (χ0n) is 18.0. The minimum absolute atomic E-state index is 0.0401. The summed E-state index contributed by atoms with van der Waals surface area (Å²) in [6.45, 7) is 2.16. The highest BCUT2D eigenvalue weighted by molar-refractivity contribution is 9.10. The average Bonchev–Trinajstić information content (AvgIpc) is 3.33. The molecule has 7 nitrogen and oxygen atoms in total. The third-order valence-corrected chi connectivity index (χ3v) is 6.72. The van der Waals surface area contributed by atoms with Crippen LogP contribution >= 0.6 is 27.5 Å². The van der Waals surface area contributed by atoms with E-state index in [0.29, 0.717) is 33.0 Å². The van der Waals surface area contributed by atoms with Gasteiger partial charge in [0.2, 0.25) is 5.91 Å². The maximum atomic E-state index is 13.7. The second-order valence-corrected chi connectivity index (χ2v) is 9.22. The number of benzene rings is 3. The molecule has 5 rings (SSSR count). The summed E-state index contributed by atoms with van der Waals surface area (Å²) in [5, 5.41) is 12.4. The lowest BCUT2D eigenvalue weighted by Crippen LogP contribution is -2.37. The zero-order valence-corrected chi connectivity index (χ0v) is 20.4. The second-order valence-electron chi connectivity index (χ2n) is 7.93. The number of anilines is 2. The molecule has 3 aromatic carbocycles. The number of hydrogen-bond donors (Lipinski definition) is 1. The second kappa shape index (κ2) is 8.94. The Morgan fingerprint density at radius 2 is 1.76 bits per heavy atom. The van der Waals surface area contributed by atoms with Gasteiger partial charge in [-0.15, -0.1) is 0 Å². The Kier molecular flexibility index (Phi) is 5.97. The van der Waals surface area contributed by atoms with Crippen LogP contribution in [0, 0.1) is 5.92 Å². The lowest BCUT2D eigenvalue weighted by Gasteiger charge is -2.29. The normalized spacial score (nSPS) is 21.8. The SMILES string of the molecule is CCOc1cc([C@@H]2[C@@H]3C(=O)N(c4cccc(Cl)c4)C(=O)[C@H]3ON2c2ccccc2)cc(Br)c1O. The van der Waals surface area contributed by atoms with Crippen molar-refractivity contribution in [3.05, 3.63) is 81.8 Å². The number of rotatable bonds is 5. The van der Waals surface area contributed by atoms with E-state index in [-0.39, 0.29) is 17.4 Å². The van der Waals surface area contributed by atoms with E-state index in [1.54, 1.807) is 41.5 Å². The molecule has 0 radical (unpaired) electrons. The molecule has 9 heteroatoms.